The Bertz CT molecular complexity index is 991. The fraction of sp³-hybridized carbons (Fsp3) is 0. The van der Waals surface area contributed by atoms with Crippen LogP contribution in [0.3, 0.4) is 0 Å². The molecule has 0 aliphatic heterocycles. The summed E-state index contributed by atoms with van der Waals surface area (Å²) in [6.45, 7) is 0. The van der Waals surface area contributed by atoms with Crippen LogP contribution in [0.1, 0.15) is 5.56 Å². The first-order valence-electron chi connectivity index (χ1n) is 7.24. The summed E-state index contributed by atoms with van der Waals surface area (Å²) in [5.74, 6) is 0.640. The standard InChI is InChI=1S/C18H13N5/c19-11-15-17(20-14-9-5-2-6-10-14)22-23-12-16(21-18(15)23)13-7-3-1-4-8-13/h1-10,12,20,22H. The minimum Gasteiger partial charge on any atom is -0.339 e. The van der Waals surface area contributed by atoms with Crippen molar-refractivity contribution in [3.05, 3.63) is 72.4 Å². The Balaban J connectivity index is 1.77. The molecule has 0 saturated heterocycles. The van der Waals surface area contributed by atoms with Gasteiger partial charge in [-0.15, -0.1) is 0 Å². The number of hydrogen-bond acceptors (Lipinski definition) is 3. The van der Waals surface area contributed by atoms with Crippen molar-refractivity contribution < 1.29 is 0 Å². The predicted molar refractivity (Wildman–Crippen MR) is 89.4 cm³/mol. The molecule has 0 fully saturated rings. The Morgan fingerprint density at radius 2 is 1.70 bits per heavy atom. The lowest BCUT2D eigenvalue weighted by molar-refractivity contribution is 0.978. The summed E-state index contributed by atoms with van der Waals surface area (Å²) in [5, 5.41) is 15.9. The van der Waals surface area contributed by atoms with Crippen LogP contribution in [0.5, 0.6) is 0 Å². The van der Waals surface area contributed by atoms with Gasteiger partial charge in [0.05, 0.1) is 11.9 Å². The predicted octanol–water partition coefficient (Wildman–Crippen LogP) is 3.94. The number of imidazole rings is 1. The molecule has 4 rings (SSSR count). The molecule has 2 heterocycles. The van der Waals surface area contributed by atoms with Crippen LogP contribution >= 0.6 is 0 Å². The van der Waals surface area contributed by atoms with Crippen LogP contribution in [0, 0.1) is 11.3 Å². The number of hydrogen-bond donors (Lipinski definition) is 2. The summed E-state index contributed by atoms with van der Waals surface area (Å²) in [6.07, 6.45) is 1.89. The molecule has 5 nitrogen and oxygen atoms in total. The van der Waals surface area contributed by atoms with Gasteiger partial charge in [0, 0.05) is 11.3 Å². The topological polar surface area (TPSA) is 68.9 Å². The van der Waals surface area contributed by atoms with E-state index in [1.165, 1.54) is 0 Å². The first kappa shape index (κ1) is 13.2. The van der Waals surface area contributed by atoms with Crippen molar-refractivity contribution in [3.63, 3.8) is 0 Å². The molecule has 0 aliphatic carbocycles. The average molecular weight is 299 g/mol. The van der Waals surface area contributed by atoms with Gasteiger partial charge in [-0.05, 0) is 12.1 Å². The molecule has 4 aromatic rings. The molecule has 0 spiro atoms. The Kier molecular flexibility index (Phi) is 3.06. The number of nitrogens with zero attached hydrogens (tertiary/aromatic N) is 3. The van der Waals surface area contributed by atoms with Crippen molar-refractivity contribution in [1.82, 2.24) is 14.6 Å². The maximum atomic E-state index is 9.50. The highest BCUT2D eigenvalue weighted by atomic mass is 15.3. The van der Waals surface area contributed by atoms with E-state index in [-0.39, 0.29) is 0 Å². The zero-order chi connectivity index (χ0) is 15.6. The van der Waals surface area contributed by atoms with E-state index in [0.29, 0.717) is 17.0 Å². The van der Waals surface area contributed by atoms with Crippen LogP contribution < -0.4 is 5.32 Å². The summed E-state index contributed by atoms with van der Waals surface area (Å²) >= 11 is 0. The van der Waals surface area contributed by atoms with Crippen LogP contribution in [0.2, 0.25) is 0 Å². The maximum absolute atomic E-state index is 9.50. The molecule has 2 aromatic heterocycles. The van der Waals surface area contributed by atoms with E-state index in [2.05, 4.69) is 21.5 Å². The molecule has 110 valence electrons. The average Bonchev–Trinajstić information content (AvgIpc) is 3.14. The summed E-state index contributed by atoms with van der Waals surface area (Å²) in [5.41, 5.74) is 3.88. The molecule has 0 bridgehead atoms. The second-order valence-corrected chi connectivity index (χ2v) is 5.15. The van der Waals surface area contributed by atoms with Crippen LogP contribution in [-0.4, -0.2) is 14.6 Å². The summed E-state index contributed by atoms with van der Waals surface area (Å²) in [6, 6.07) is 21.8. The van der Waals surface area contributed by atoms with Crippen molar-refractivity contribution in [1.29, 1.82) is 5.26 Å². The van der Waals surface area contributed by atoms with Gasteiger partial charge in [0.25, 0.3) is 0 Å². The van der Waals surface area contributed by atoms with Crippen LogP contribution in [-0.2, 0) is 0 Å². The van der Waals surface area contributed by atoms with E-state index >= 15 is 0 Å². The number of nitrogens with one attached hydrogen (secondary N) is 2. The number of aromatic amines is 1. The smallest absolute Gasteiger partial charge is 0.173 e. The summed E-state index contributed by atoms with van der Waals surface area (Å²) in [4.78, 5) is 4.59. The molecule has 2 N–H and O–H groups in total. The van der Waals surface area contributed by atoms with E-state index in [4.69, 9.17) is 0 Å². The van der Waals surface area contributed by atoms with Gasteiger partial charge in [0.1, 0.15) is 17.5 Å². The van der Waals surface area contributed by atoms with Gasteiger partial charge in [-0.1, -0.05) is 48.5 Å². The molecule has 0 radical (unpaired) electrons. The second-order valence-electron chi connectivity index (χ2n) is 5.15. The quantitative estimate of drug-likeness (QED) is 0.602. The second kappa shape index (κ2) is 5.35. The third kappa shape index (κ3) is 2.32. The van der Waals surface area contributed by atoms with Gasteiger partial charge in [0.2, 0.25) is 0 Å². The van der Waals surface area contributed by atoms with E-state index < -0.39 is 0 Å². The highest BCUT2D eigenvalue weighted by molar-refractivity contribution is 5.75. The Labute approximate surface area is 132 Å². The highest BCUT2D eigenvalue weighted by Gasteiger charge is 2.15. The number of aromatic nitrogens is 3. The fourth-order valence-electron chi connectivity index (χ4n) is 2.54. The Morgan fingerprint density at radius 1 is 1.00 bits per heavy atom. The summed E-state index contributed by atoms with van der Waals surface area (Å²) in [7, 11) is 0. The fourth-order valence-corrected chi connectivity index (χ4v) is 2.54. The van der Waals surface area contributed by atoms with E-state index in [1.807, 2.05) is 66.9 Å². The number of anilines is 2. The molecular weight excluding hydrogens is 286 g/mol. The normalized spacial score (nSPS) is 10.6. The van der Waals surface area contributed by atoms with Gasteiger partial charge in [-0.25, -0.2) is 9.50 Å². The lowest BCUT2D eigenvalue weighted by Gasteiger charge is -2.03. The van der Waals surface area contributed by atoms with Crippen molar-refractivity contribution in [2.75, 3.05) is 5.32 Å². The number of nitriles is 1. The van der Waals surface area contributed by atoms with E-state index in [9.17, 15) is 5.26 Å². The lowest BCUT2D eigenvalue weighted by atomic mass is 10.2. The Morgan fingerprint density at radius 3 is 2.39 bits per heavy atom. The SMILES string of the molecule is N#Cc1c(Nc2ccccc2)[nH]n2cc(-c3ccccc3)nc12. The van der Waals surface area contributed by atoms with Crippen molar-refractivity contribution in [2.24, 2.45) is 0 Å². The third-order valence-corrected chi connectivity index (χ3v) is 3.64. The lowest BCUT2D eigenvalue weighted by Crippen LogP contribution is -1.93. The molecule has 0 saturated carbocycles. The van der Waals surface area contributed by atoms with Gasteiger partial charge in [-0.2, -0.15) is 5.26 Å². The van der Waals surface area contributed by atoms with Crippen molar-refractivity contribution in [3.8, 4) is 17.3 Å². The maximum Gasteiger partial charge on any atom is 0.173 e. The number of fused-ring (bicyclic) bond motifs is 1. The first-order chi connectivity index (χ1) is 11.3. The minimum atomic E-state index is 0.496. The van der Waals surface area contributed by atoms with Crippen LogP contribution in [0.25, 0.3) is 16.9 Å². The molecule has 0 aliphatic rings. The summed E-state index contributed by atoms with van der Waals surface area (Å²) < 4.78 is 1.77. The monoisotopic (exact) mass is 299 g/mol. The molecular formula is C18H13N5. The van der Waals surface area contributed by atoms with Crippen LogP contribution in [0.4, 0.5) is 11.5 Å². The van der Waals surface area contributed by atoms with Gasteiger partial charge in [-0.3, -0.25) is 5.10 Å². The highest BCUT2D eigenvalue weighted by Crippen LogP contribution is 2.26. The largest absolute Gasteiger partial charge is 0.339 e. The molecule has 0 unspecified atom stereocenters. The van der Waals surface area contributed by atoms with E-state index in [1.54, 1.807) is 4.52 Å². The van der Waals surface area contributed by atoms with E-state index in [0.717, 1.165) is 16.9 Å². The third-order valence-electron chi connectivity index (χ3n) is 3.64. The van der Waals surface area contributed by atoms with Crippen molar-refractivity contribution in [2.45, 2.75) is 0 Å². The zero-order valence-electron chi connectivity index (χ0n) is 12.2. The Hall–Kier alpha value is -3.52. The minimum absolute atomic E-state index is 0.496. The van der Waals surface area contributed by atoms with Gasteiger partial charge >= 0.3 is 0 Å². The first-order valence-corrected chi connectivity index (χ1v) is 7.24. The van der Waals surface area contributed by atoms with Crippen LogP contribution in [0.15, 0.2) is 66.9 Å². The molecule has 2 aromatic carbocycles. The molecule has 0 atom stereocenters. The molecule has 23 heavy (non-hydrogen) atoms. The van der Waals surface area contributed by atoms with Gasteiger partial charge in [0.15, 0.2) is 5.65 Å². The number of H-pyrrole nitrogens is 1. The number of benzene rings is 2. The van der Waals surface area contributed by atoms with Crippen molar-refractivity contribution >= 4 is 17.2 Å². The molecule has 0 amide bonds. The van der Waals surface area contributed by atoms with Gasteiger partial charge < -0.3 is 5.32 Å². The molecule has 5 heteroatoms. The zero-order valence-corrected chi connectivity index (χ0v) is 12.2. The number of para-hydroxylation sites is 1. The number of rotatable bonds is 3.